The number of fused-ring (bicyclic) bond motifs is 1. The lowest BCUT2D eigenvalue weighted by Crippen LogP contribution is -2.32. The van der Waals surface area contributed by atoms with Crippen LogP contribution in [0, 0.1) is 0 Å². The summed E-state index contributed by atoms with van der Waals surface area (Å²) in [4.78, 5) is 24.3. The number of nitrogens with zero attached hydrogens (tertiary/aromatic N) is 1. The summed E-state index contributed by atoms with van der Waals surface area (Å²) in [7, 11) is 1.67. The zero-order valence-electron chi connectivity index (χ0n) is 11.6. The molecule has 1 aliphatic rings. The standard InChI is InChI=1S/C15H16BrNO4/c1-17(6-2-3-14(18)19)15(20)11-7-10-8-12(16)4-5-13(10)21-9-11/h4-5,7-8H,2-3,6,9H2,1H3,(H,18,19). The summed E-state index contributed by atoms with van der Waals surface area (Å²) in [5.74, 6) is -0.232. The first-order chi connectivity index (χ1) is 9.97. The highest BCUT2D eigenvalue weighted by Gasteiger charge is 2.20. The molecule has 1 heterocycles. The van der Waals surface area contributed by atoms with Crippen LogP contribution in [0.2, 0.25) is 0 Å². The Morgan fingerprint density at radius 2 is 2.19 bits per heavy atom. The topological polar surface area (TPSA) is 66.8 Å². The van der Waals surface area contributed by atoms with Crippen LogP contribution in [0.4, 0.5) is 0 Å². The molecular formula is C15H16BrNO4. The Morgan fingerprint density at radius 1 is 1.43 bits per heavy atom. The molecule has 6 heteroatoms. The van der Waals surface area contributed by atoms with Crippen LogP contribution in [0.3, 0.4) is 0 Å². The summed E-state index contributed by atoms with van der Waals surface area (Å²) >= 11 is 3.39. The second-order valence-electron chi connectivity index (χ2n) is 4.86. The fourth-order valence-electron chi connectivity index (χ4n) is 2.09. The fourth-order valence-corrected chi connectivity index (χ4v) is 2.46. The van der Waals surface area contributed by atoms with E-state index in [2.05, 4.69) is 15.9 Å². The van der Waals surface area contributed by atoms with Crippen molar-refractivity contribution in [3.05, 3.63) is 33.8 Å². The average Bonchev–Trinajstić information content (AvgIpc) is 2.45. The second-order valence-corrected chi connectivity index (χ2v) is 5.78. The van der Waals surface area contributed by atoms with E-state index in [1.54, 1.807) is 7.05 Å². The Balaban J connectivity index is 2.04. The lowest BCUT2D eigenvalue weighted by atomic mass is 10.1. The zero-order valence-corrected chi connectivity index (χ0v) is 13.2. The fraction of sp³-hybridized carbons (Fsp3) is 0.333. The number of hydrogen-bond donors (Lipinski definition) is 1. The number of carbonyl (C=O) groups excluding carboxylic acids is 1. The van der Waals surface area contributed by atoms with Gasteiger partial charge >= 0.3 is 5.97 Å². The molecule has 21 heavy (non-hydrogen) atoms. The Hall–Kier alpha value is -1.82. The molecule has 0 bridgehead atoms. The molecule has 1 N–H and O–H groups in total. The molecule has 2 rings (SSSR count). The van der Waals surface area contributed by atoms with Crippen molar-refractivity contribution in [2.24, 2.45) is 0 Å². The molecule has 0 saturated heterocycles. The van der Waals surface area contributed by atoms with Gasteiger partial charge in [0, 0.05) is 30.0 Å². The van der Waals surface area contributed by atoms with Gasteiger partial charge in [0.05, 0.1) is 5.57 Å². The highest BCUT2D eigenvalue weighted by molar-refractivity contribution is 9.10. The molecule has 0 radical (unpaired) electrons. The molecule has 0 spiro atoms. The maximum atomic E-state index is 12.3. The largest absolute Gasteiger partial charge is 0.488 e. The van der Waals surface area contributed by atoms with Gasteiger partial charge in [-0.1, -0.05) is 15.9 Å². The van der Waals surface area contributed by atoms with Gasteiger partial charge in [0.25, 0.3) is 5.91 Å². The molecule has 1 aromatic carbocycles. The predicted octanol–water partition coefficient (Wildman–Crippen LogP) is 2.55. The minimum atomic E-state index is -0.852. The van der Waals surface area contributed by atoms with Gasteiger partial charge in [-0.05, 0) is 30.7 Å². The predicted molar refractivity (Wildman–Crippen MR) is 82.1 cm³/mol. The molecule has 0 unspecified atom stereocenters. The van der Waals surface area contributed by atoms with Gasteiger partial charge in [-0.2, -0.15) is 0 Å². The van der Waals surface area contributed by atoms with Crippen molar-refractivity contribution in [3.63, 3.8) is 0 Å². The van der Waals surface area contributed by atoms with Gasteiger partial charge in [0.1, 0.15) is 12.4 Å². The molecule has 112 valence electrons. The third kappa shape index (κ3) is 4.07. The molecule has 0 aromatic heterocycles. The Labute approximate surface area is 131 Å². The zero-order chi connectivity index (χ0) is 15.4. The van der Waals surface area contributed by atoms with E-state index in [0.717, 1.165) is 15.8 Å². The van der Waals surface area contributed by atoms with Crippen molar-refractivity contribution in [1.82, 2.24) is 4.90 Å². The van der Waals surface area contributed by atoms with Crippen LogP contribution >= 0.6 is 15.9 Å². The van der Waals surface area contributed by atoms with E-state index in [1.165, 1.54) is 4.90 Å². The SMILES string of the molecule is CN(CCCC(=O)O)C(=O)C1=Cc2cc(Br)ccc2OC1. The highest BCUT2D eigenvalue weighted by Crippen LogP contribution is 2.29. The number of likely N-dealkylation sites (N-methyl/N-ethyl adjacent to an activating group) is 1. The lowest BCUT2D eigenvalue weighted by Gasteiger charge is -2.22. The lowest BCUT2D eigenvalue weighted by molar-refractivity contribution is -0.137. The first-order valence-corrected chi connectivity index (χ1v) is 7.37. The van der Waals surface area contributed by atoms with Crippen LogP contribution in [-0.2, 0) is 9.59 Å². The van der Waals surface area contributed by atoms with E-state index in [-0.39, 0.29) is 18.9 Å². The van der Waals surface area contributed by atoms with Gasteiger partial charge in [0.15, 0.2) is 0 Å². The number of amides is 1. The number of rotatable bonds is 5. The van der Waals surface area contributed by atoms with E-state index in [4.69, 9.17) is 9.84 Å². The van der Waals surface area contributed by atoms with Crippen molar-refractivity contribution in [1.29, 1.82) is 0 Å². The van der Waals surface area contributed by atoms with E-state index < -0.39 is 5.97 Å². The average molecular weight is 354 g/mol. The number of benzene rings is 1. The van der Waals surface area contributed by atoms with Crippen LogP contribution < -0.4 is 4.74 Å². The molecule has 0 fully saturated rings. The smallest absolute Gasteiger partial charge is 0.303 e. The van der Waals surface area contributed by atoms with Crippen molar-refractivity contribution in [2.75, 3.05) is 20.2 Å². The minimum absolute atomic E-state index is 0.0585. The quantitative estimate of drug-likeness (QED) is 0.883. The maximum Gasteiger partial charge on any atom is 0.303 e. The molecule has 5 nitrogen and oxygen atoms in total. The second kappa shape index (κ2) is 6.76. The van der Waals surface area contributed by atoms with E-state index in [9.17, 15) is 9.59 Å². The third-order valence-electron chi connectivity index (χ3n) is 3.19. The van der Waals surface area contributed by atoms with Crippen molar-refractivity contribution < 1.29 is 19.4 Å². The Bertz CT molecular complexity index is 597. The number of carboxylic acid groups (broad SMARTS) is 1. The monoisotopic (exact) mass is 353 g/mol. The molecule has 0 saturated carbocycles. The summed E-state index contributed by atoms with van der Waals surface area (Å²) in [6.07, 6.45) is 2.32. The number of halogens is 1. The van der Waals surface area contributed by atoms with Crippen molar-refractivity contribution >= 4 is 33.9 Å². The Morgan fingerprint density at radius 3 is 2.90 bits per heavy atom. The summed E-state index contributed by atoms with van der Waals surface area (Å²) in [6.45, 7) is 0.643. The van der Waals surface area contributed by atoms with Gasteiger partial charge in [-0.15, -0.1) is 0 Å². The molecule has 0 atom stereocenters. The highest BCUT2D eigenvalue weighted by atomic mass is 79.9. The minimum Gasteiger partial charge on any atom is -0.488 e. The van der Waals surface area contributed by atoms with Crippen molar-refractivity contribution in [2.45, 2.75) is 12.8 Å². The van der Waals surface area contributed by atoms with Gasteiger partial charge in [0.2, 0.25) is 0 Å². The normalized spacial score (nSPS) is 13.0. The number of carbonyl (C=O) groups is 2. The number of carboxylic acids is 1. The summed E-state index contributed by atoms with van der Waals surface area (Å²) in [6, 6.07) is 5.64. The maximum absolute atomic E-state index is 12.3. The number of aliphatic carboxylic acids is 1. The molecule has 0 aliphatic carbocycles. The van der Waals surface area contributed by atoms with Gasteiger partial charge < -0.3 is 14.7 Å². The van der Waals surface area contributed by atoms with Crippen LogP contribution in [0.1, 0.15) is 18.4 Å². The van der Waals surface area contributed by atoms with Crippen LogP contribution in [0.5, 0.6) is 5.75 Å². The number of ether oxygens (including phenoxy) is 1. The van der Waals surface area contributed by atoms with Crippen molar-refractivity contribution in [3.8, 4) is 5.75 Å². The van der Waals surface area contributed by atoms with Crippen LogP contribution in [-0.4, -0.2) is 42.1 Å². The Kier molecular flexibility index (Phi) is 5.01. The van der Waals surface area contributed by atoms with Crippen LogP contribution in [0.15, 0.2) is 28.2 Å². The summed E-state index contributed by atoms with van der Waals surface area (Å²) < 4.78 is 6.50. The molecule has 1 amide bonds. The van der Waals surface area contributed by atoms with Crippen LogP contribution in [0.25, 0.3) is 6.08 Å². The van der Waals surface area contributed by atoms with Gasteiger partial charge in [-0.25, -0.2) is 0 Å². The van der Waals surface area contributed by atoms with E-state index in [0.29, 0.717) is 18.5 Å². The summed E-state index contributed by atoms with van der Waals surface area (Å²) in [5.41, 5.74) is 1.43. The number of hydrogen-bond acceptors (Lipinski definition) is 3. The molecular weight excluding hydrogens is 338 g/mol. The van der Waals surface area contributed by atoms with E-state index >= 15 is 0 Å². The first-order valence-electron chi connectivity index (χ1n) is 6.57. The molecule has 1 aromatic rings. The first kappa shape index (κ1) is 15.6. The van der Waals surface area contributed by atoms with E-state index in [1.807, 2.05) is 24.3 Å². The third-order valence-corrected chi connectivity index (χ3v) is 3.68. The van der Waals surface area contributed by atoms with Gasteiger partial charge in [-0.3, -0.25) is 9.59 Å². The summed E-state index contributed by atoms with van der Waals surface area (Å²) in [5, 5.41) is 8.61. The molecule has 1 aliphatic heterocycles.